The van der Waals surface area contributed by atoms with E-state index in [2.05, 4.69) is 37.8 Å². The molecule has 84 valence electrons. The van der Waals surface area contributed by atoms with Crippen molar-refractivity contribution < 1.29 is 0 Å². The Balaban J connectivity index is 2.38. The van der Waals surface area contributed by atoms with Gasteiger partial charge in [0.15, 0.2) is 0 Å². The van der Waals surface area contributed by atoms with Crippen molar-refractivity contribution in [1.29, 1.82) is 5.26 Å². The van der Waals surface area contributed by atoms with Gasteiger partial charge in [-0.25, -0.2) is 0 Å². The standard InChI is InChI=1S/C14H18N2/c1-10-5-4-6-13(7-15)14(10)16-8-11(2)12(3)9-16/h4-6,11-12H,8-9H2,1-3H3. The Morgan fingerprint density at radius 1 is 1.25 bits per heavy atom. The molecule has 0 amide bonds. The predicted molar refractivity (Wildman–Crippen MR) is 66.4 cm³/mol. The van der Waals surface area contributed by atoms with E-state index in [0.29, 0.717) is 11.8 Å². The molecule has 1 fully saturated rings. The highest BCUT2D eigenvalue weighted by molar-refractivity contribution is 5.64. The number of nitriles is 1. The fourth-order valence-electron chi connectivity index (χ4n) is 2.48. The van der Waals surface area contributed by atoms with Crippen molar-refractivity contribution in [3.05, 3.63) is 29.3 Å². The molecule has 0 saturated carbocycles. The summed E-state index contributed by atoms with van der Waals surface area (Å²) in [5, 5.41) is 9.16. The van der Waals surface area contributed by atoms with Crippen LogP contribution in [0.5, 0.6) is 0 Å². The number of anilines is 1. The Morgan fingerprint density at radius 3 is 2.44 bits per heavy atom. The van der Waals surface area contributed by atoms with Crippen LogP contribution in [0.25, 0.3) is 0 Å². The molecule has 0 N–H and O–H groups in total. The van der Waals surface area contributed by atoms with Gasteiger partial charge in [0.1, 0.15) is 6.07 Å². The summed E-state index contributed by atoms with van der Waals surface area (Å²) in [6, 6.07) is 8.26. The molecule has 2 atom stereocenters. The largest absolute Gasteiger partial charge is 0.370 e. The number of aryl methyl sites for hydroxylation is 1. The zero-order valence-electron chi connectivity index (χ0n) is 10.2. The monoisotopic (exact) mass is 214 g/mol. The lowest BCUT2D eigenvalue weighted by Gasteiger charge is -2.22. The second-order valence-electron chi connectivity index (χ2n) is 4.94. The molecule has 0 radical (unpaired) electrons. The van der Waals surface area contributed by atoms with Crippen LogP contribution < -0.4 is 4.90 Å². The zero-order valence-corrected chi connectivity index (χ0v) is 10.2. The van der Waals surface area contributed by atoms with Crippen LogP contribution in [0.4, 0.5) is 5.69 Å². The van der Waals surface area contributed by atoms with Crippen LogP contribution in [0.1, 0.15) is 25.0 Å². The Bertz CT molecular complexity index is 421. The summed E-state index contributed by atoms with van der Waals surface area (Å²) >= 11 is 0. The van der Waals surface area contributed by atoms with Gasteiger partial charge in [0.05, 0.1) is 11.3 Å². The van der Waals surface area contributed by atoms with E-state index in [9.17, 15) is 0 Å². The van der Waals surface area contributed by atoms with Crippen LogP contribution in [0.15, 0.2) is 18.2 Å². The van der Waals surface area contributed by atoms with E-state index in [1.165, 1.54) is 5.56 Å². The van der Waals surface area contributed by atoms with Crippen molar-refractivity contribution in [3.63, 3.8) is 0 Å². The predicted octanol–water partition coefficient (Wildman–Crippen LogP) is 2.96. The van der Waals surface area contributed by atoms with Crippen molar-refractivity contribution in [2.45, 2.75) is 20.8 Å². The third-order valence-corrected chi connectivity index (χ3v) is 3.66. The smallest absolute Gasteiger partial charge is 0.101 e. The number of hydrogen-bond acceptors (Lipinski definition) is 2. The summed E-state index contributed by atoms with van der Waals surface area (Å²) < 4.78 is 0. The van der Waals surface area contributed by atoms with Gasteiger partial charge in [0.25, 0.3) is 0 Å². The lowest BCUT2D eigenvalue weighted by atomic mass is 10.0. The molecule has 1 heterocycles. The quantitative estimate of drug-likeness (QED) is 0.718. The average molecular weight is 214 g/mol. The number of rotatable bonds is 1. The highest BCUT2D eigenvalue weighted by Gasteiger charge is 2.28. The second kappa shape index (κ2) is 4.17. The molecule has 2 rings (SSSR count). The molecule has 1 aliphatic rings. The summed E-state index contributed by atoms with van der Waals surface area (Å²) in [6.45, 7) is 8.80. The van der Waals surface area contributed by atoms with Crippen LogP contribution in [0.2, 0.25) is 0 Å². The Hall–Kier alpha value is -1.49. The highest BCUT2D eigenvalue weighted by Crippen LogP contribution is 2.32. The molecule has 16 heavy (non-hydrogen) atoms. The van der Waals surface area contributed by atoms with Gasteiger partial charge < -0.3 is 4.90 Å². The molecule has 2 heteroatoms. The van der Waals surface area contributed by atoms with Gasteiger partial charge in [-0.15, -0.1) is 0 Å². The molecule has 0 bridgehead atoms. The van der Waals surface area contributed by atoms with Crippen LogP contribution >= 0.6 is 0 Å². The number of hydrogen-bond donors (Lipinski definition) is 0. The van der Waals surface area contributed by atoms with Crippen LogP contribution in [-0.2, 0) is 0 Å². The first kappa shape index (κ1) is 11.0. The molecule has 1 aliphatic heterocycles. The minimum absolute atomic E-state index is 0.714. The second-order valence-corrected chi connectivity index (χ2v) is 4.94. The summed E-state index contributed by atoms with van der Waals surface area (Å²) in [6.07, 6.45) is 0. The van der Waals surface area contributed by atoms with Gasteiger partial charge in [-0.3, -0.25) is 0 Å². The summed E-state index contributed by atoms with van der Waals surface area (Å²) in [4.78, 5) is 2.36. The minimum Gasteiger partial charge on any atom is -0.370 e. The minimum atomic E-state index is 0.714. The molecular formula is C14H18N2. The molecule has 1 aromatic rings. The molecule has 2 nitrogen and oxygen atoms in total. The van der Waals surface area contributed by atoms with E-state index in [4.69, 9.17) is 5.26 Å². The van der Waals surface area contributed by atoms with Gasteiger partial charge >= 0.3 is 0 Å². The first-order valence-electron chi connectivity index (χ1n) is 5.88. The topological polar surface area (TPSA) is 27.0 Å². The third kappa shape index (κ3) is 1.78. The Labute approximate surface area is 97.5 Å². The maximum atomic E-state index is 9.16. The van der Waals surface area contributed by atoms with Crippen molar-refractivity contribution in [2.75, 3.05) is 18.0 Å². The third-order valence-electron chi connectivity index (χ3n) is 3.66. The van der Waals surface area contributed by atoms with Crippen molar-refractivity contribution in [1.82, 2.24) is 0 Å². The van der Waals surface area contributed by atoms with E-state index in [1.54, 1.807) is 0 Å². The van der Waals surface area contributed by atoms with Gasteiger partial charge in [-0.2, -0.15) is 5.26 Å². The molecule has 1 saturated heterocycles. The zero-order chi connectivity index (χ0) is 11.7. The fraction of sp³-hybridized carbons (Fsp3) is 0.500. The molecule has 2 unspecified atom stereocenters. The molecule has 0 spiro atoms. The van der Waals surface area contributed by atoms with Crippen LogP contribution in [0, 0.1) is 30.1 Å². The van der Waals surface area contributed by atoms with E-state index >= 15 is 0 Å². The van der Waals surface area contributed by atoms with Crippen molar-refractivity contribution >= 4 is 5.69 Å². The lowest BCUT2D eigenvalue weighted by molar-refractivity contribution is 0.494. The SMILES string of the molecule is Cc1cccc(C#N)c1N1CC(C)C(C)C1. The first-order valence-corrected chi connectivity index (χ1v) is 5.88. The highest BCUT2D eigenvalue weighted by atomic mass is 15.2. The normalized spacial score (nSPS) is 24.5. The van der Waals surface area contributed by atoms with E-state index in [0.717, 1.165) is 24.3 Å². The molecule has 1 aromatic carbocycles. The van der Waals surface area contributed by atoms with Crippen LogP contribution in [-0.4, -0.2) is 13.1 Å². The summed E-state index contributed by atoms with van der Waals surface area (Å²) in [7, 11) is 0. The molecule has 0 aliphatic carbocycles. The summed E-state index contributed by atoms with van der Waals surface area (Å²) in [5.41, 5.74) is 3.16. The maximum Gasteiger partial charge on any atom is 0.101 e. The lowest BCUT2D eigenvalue weighted by Crippen LogP contribution is -2.21. The molecular weight excluding hydrogens is 196 g/mol. The number of benzene rings is 1. The average Bonchev–Trinajstić information content (AvgIpc) is 2.58. The Kier molecular flexibility index (Phi) is 2.87. The van der Waals surface area contributed by atoms with E-state index < -0.39 is 0 Å². The Morgan fingerprint density at radius 2 is 1.88 bits per heavy atom. The number of nitrogens with zero attached hydrogens (tertiary/aromatic N) is 2. The number of para-hydroxylation sites is 1. The summed E-state index contributed by atoms with van der Waals surface area (Å²) in [5.74, 6) is 1.43. The van der Waals surface area contributed by atoms with E-state index in [-0.39, 0.29) is 0 Å². The molecule has 0 aromatic heterocycles. The van der Waals surface area contributed by atoms with Gasteiger partial charge in [0, 0.05) is 13.1 Å². The maximum absolute atomic E-state index is 9.16. The van der Waals surface area contributed by atoms with Gasteiger partial charge in [0.2, 0.25) is 0 Å². The van der Waals surface area contributed by atoms with E-state index in [1.807, 2.05) is 12.1 Å². The fourth-order valence-corrected chi connectivity index (χ4v) is 2.48. The van der Waals surface area contributed by atoms with Gasteiger partial charge in [-0.05, 0) is 30.4 Å². The van der Waals surface area contributed by atoms with Crippen LogP contribution in [0.3, 0.4) is 0 Å². The van der Waals surface area contributed by atoms with Gasteiger partial charge in [-0.1, -0.05) is 26.0 Å². The van der Waals surface area contributed by atoms with Crippen molar-refractivity contribution in [3.8, 4) is 6.07 Å². The van der Waals surface area contributed by atoms with Crippen molar-refractivity contribution in [2.24, 2.45) is 11.8 Å². The first-order chi connectivity index (χ1) is 7.63.